The minimum absolute atomic E-state index is 0.139. The van der Waals surface area contributed by atoms with E-state index in [1.807, 2.05) is 0 Å². The molecule has 2 heterocycles. The monoisotopic (exact) mass is 216 g/mol. The number of nitrogens with one attached hydrogen (secondary N) is 1. The van der Waals surface area contributed by atoms with Crippen molar-refractivity contribution in [2.24, 2.45) is 4.99 Å². The minimum Gasteiger partial charge on any atom is -0.338 e. The number of ether oxygens (including phenoxy) is 1. The lowest BCUT2D eigenvalue weighted by molar-refractivity contribution is -0.198. The van der Waals surface area contributed by atoms with Gasteiger partial charge in [0, 0.05) is 7.11 Å². The molecular formula is C6H8N4O5. The predicted molar refractivity (Wildman–Crippen MR) is 42.8 cm³/mol. The smallest absolute Gasteiger partial charge is 0.338 e. The van der Waals surface area contributed by atoms with Crippen molar-refractivity contribution in [2.75, 3.05) is 7.11 Å². The average molecular weight is 216 g/mol. The molecule has 1 fully saturated rings. The first-order chi connectivity index (χ1) is 7.02. The fourth-order valence-electron chi connectivity index (χ4n) is 1.48. The van der Waals surface area contributed by atoms with Gasteiger partial charge >= 0.3 is 6.03 Å². The number of hydroxylamine groups is 4. The van der Waals surface area contributed by atoms with Crippen LogP contribution in [0.25, 0.3) is 0 Å². The number of carbonyl (C=O) groups excluding carboxylic acids is 2. The molecule has 82 valence electrons. The summed E-state index contributed by atoms with van der Waals surface area (Å²) in [5.41, 5.74) is 0. The molecule has 0 aromatic rings. The van der Waals surface area contributed by atoms with Gasteiger partial charge in [0.25, 0.3) is 11.8 Å². The van der Waals surface area contributed by atoms with E-state index in [1.54, 1.807) is 0 Å². The Hall–Kier alpha value is -1.71. The van der Waals surface area contributed by atoms with Crippen LogP contribution in [0.15, 0.2) is 4.99 Å². The van der Waals surface area contributed by atoms with E-state index in [0.717, 1.165) is 6.34 Å². The van der Waals surface area contributed by atoms with Crippen molar-refractivity contribution >= 4 is 18.3 Å². The van der Waals surface area contributed by atoms with Gasteiger partial charge in [0.2, 0.25) is 6.04 Å². The van der Waals surface area contributed by atoms with E-state index in [1.165, 1.54) is 7.11 Å². The van der Waals surface area contributed by atoms with Crippen LogP contribution in [0, 0.1) is 0 Å². The van der Waals surface area contributed by atoms with E-state index in [4.69, 9.17) is 9.94 Å². The molecule has 9 nitrogen and oxygen atoms in total. The number of rotatable bonds is 1. The first kappa shape index (κ1) is 9.83. The van der Waals surface area contributed by atoms with Crippen LogP contribution in [0.2, 0.25) is 0 Å². The van der Waals surface area contributed by atoms with Crippen LogP contribution in [-0.4, -0.2) is 57.8 Å². The molecule has 0 saturated carbocycles. The third-order valence-corrected chi connectivity index (χ3v) is 2.24. The van der Waals surface area contributed by atoms with E-state index in [0.29, 0.717) is 5.06 Å². The molecule has 3 amide bonds. The van der Waals surface area contributed by atoms with Gasteiger partial charge in [0.05, 0.1) is 0 Å². The number of hydrogen-bond acceptors (Lipinski definition) is 7. The van der Waals surface area contributed by atoms with Crippen LogP contribution in [0.4, 0.5) is 4.79 Å². The molecule has 0 aromatic heterocycles. The van der Waals surface area contributed by atoms with Crippen LogP contribution in [0.3, 0.4) is 0 Å². The van der Waals surface area contributed by atoms with Crippen molar-refractivity contribution in [3.8, 4) is 0 Å². The van der Waals surface area contributed by atoms with E-state index in [-0.39, 0.29) is 5.06 Å². The van der Waals surface area contributed by atoms with E-state index >= 15 is 0 Å². The van der Waals surface area contributed by atoms with Crippen molar-refractivity contribution in [1.29, 1.82) is 0 Å². The third kappa shape index (κ3) is 1.11. The van der Waals surface area contributed by atoms with Gasteiger partial charge in [0.1, 0.15) is 6.34 Å². The molecule has 0 spiro atoms. The molecule has 3 N–H and O–H groups in total. The summed E-state index contributed by atoms with van der Waals surface area (Å²) in [6.45, 7) is 0. The standard InChI is InChI=1S/C6H8N4O5/c1-15-6-3(9(13)2-7-6)4(11)10(14)5(12)8-6/h2-3,13-14H,1H3,(H,8,12). The second-order valence-corrected chi connectivity index (χ2v) is 3.01. The average Bonchev–Trinajstić information content (AvgIpc) is 2.54. The molecule has 0 bridgehead atoms. The Morgan fingerprint density at radius 3 is 2.87 bits per heavy atom. The topological polar surface area (TPSA) is 115 Å². The number of carbonyl (C=O) groups is 2. The van der Waals surface area contributed by atoms with Crippen molar-refractivity contribution in [3.63, 3.8) is 0 Å². The third-order valence-electron chi connectivity index (χ3n) is 2.24. The number of methoxy groups -OCH3 is 1. The Morgan fingerprint density at radius 1 is 1.60 bits per heavy atom. The number of amides is 3. The number of urea groups is 1. The SMILES string of the molecule is COC12N=CN(O)C1C(=O)N(O)C(=O)N2. The molecule has 9 heteroatoms. The molecule has 2 rings (SSSR count). The lowest BCUT2D eigenvalue weighted by Crippen LogP contribution is -2.70. The molecule has 0 aromatic carbocycles. The zero-order chi connectivity index (χ0) is 11.2. The predicted octanol–water partition coefficient (Wildman–Crippen LogP) is -1.67. The Balaban J connectivity index is 2.41. The summed E-state index contributed by atoms with van der Waals surface area (Å²) in [7, 11) is 1.21. The van der Waals surface area contributed by atoms with Crippen molar-refractivity contribution < 1.29 is 24.7 Å². The number of imide groups is 1. The Labute approximate surface area is 83.5 Å². The lowest BCUT2D eigenvalue weighted by atomic mass is 10.1. The molecule has 2 unspecified atom stereocenters. The van der Waals surface area contributed by atoms with Crippen LogP contribution >= 0.6 is 0 Å². The molecule has 2 atom stereocenters. The quantitative estimate of drug-likeness (QED) is 0.451. The van der Waals surface area contributed by atoms with Gasteiger partial charge in [-0.15, -0.1) is 5.06 Å². The maximum absolute atomic E-state index is 11.4. The van der Waals surface area contributed by atoms with Crippen LogP contribution in [0.5, 0.6) is 0 Å². The number of aliphatic imine (C=N–C) groups is 1. The molecule has 1 saturated heterocycles. The summed E-state index contributed by atoms with van der Waals surface area (Å²) >= 11 is 0. The van der Waals surface area contributed by atoms with Gasteiger partial charge in [0.15, 0.2) is 0 Å². The zero-order valence-corrected chi connectivity index (χ0v) is 7.62. The van der Waals surface area contributed by atoms with E-state index in [9.17, 15) is 14.8 Å². The zero-order valence-electron chi connectivity index (χ0n) is 7.62. The number of nitrogens with zero attached hydrogens (tertiary/aromatic N) is 3. The summed E-state index contributed by atoms with van der Waals surface area (Å²) < 4.78 is 4.87. The van der Waals surface area contributed by atoms with Crippen LogP contribution in [0.1, 0.15) is 0 Å². The molecule has 15 heavy (non-hydrogen) atoms. The number of fused-ring (bicyclic) bond motifs is 1. The summed E-state index contributed by atoms with van der Waals surface area (Å²) in [6, 6.07) is -2.39. The largest absolute Gasteiger partial charge is 0.352 e. The highest BCUT2D eigenvalue weighted by Gasteiger charge is 2.58. The number of hydrogen-bond donors (Lipinski definition) is 3. The Morgan fingerprint density at radius 2 is 2.27 bits per heavy atom. The second-order valence-electron chi connectivity index (χ2n) is 3.01. The van der Waals surface area contributed by atoms with Gasteiger partial charge in [-0.3, -0.25) is 20.5 Å². The van der Waals surface area contributed by atoms with Crippen molar-refractivity contribution in [2.45, 2.75) is 11.9 Å². The van der Waals surface area contributed by atoms with Gasteiger partial charge in [-0.2, -0.15) is 0 Å². The molecule has 0 radical (unpaired) electrons. The Bertz CT molecular complexity index is 357. The molecule has 0 aliphatic carbocycles. The highest BCUT2D eigenvalue weighted by atomic mass is 16.6. The van der Waals surface area contributed by atoms with Crippen LogP contribution < -0.4 is 5.32 Å². The first-order valence-electron chi connectivity index (χ1n) is 3.94. The summed E-state index contributed by atoms with van der Waals surface area (Å²) in [5.74, 6) is -2.71. The lowest BCUT2D eigenvalue weighted by Gasteiger charge is -2.38. The maximum Gasteiger partial charge on any atom is 0.352 e. The second kappa shape index (κ2) is 2.89. The van der Waals surface area contributed by atoms with Gasteiger partial charge in [-0.05, 0) is 0 Å². The summed E-state index contributed by atoms with van der Waals surface area (Å²) in [5, 5.41) is 20.8. The van der Waals surface area contributed by atoms with Crippen molar-refractivity contribution in [3.05, 3.63) is 0 Å². The highest BCUT2D eigenvalue weighted by molar-refractivity contribution is 6.01. The first-order valence-corrected chi connectivity index (χ1v) is 3.94. The van der Waals surface area contributed by atoms with Crippen LogP contribution in [-0.2, 0) is 9.53 Å². The fourth-order valence-corrected chi connectivity index (χ4v) is 1.48. The fraction of sp³-hybridized carbons (Fsp3) is 0.500. The normalized spacial score (nSPS) is 34.5. The summed E-state index contributed by atoms with van der Waals surface area (Å²) in [6.07, 6.45) is 0.922. The van der Waals surface area contributed by atoms with Crippen molar-refractivity contribution in [1.82, 2.24) is 15.4 Å². The van der Waals surface area contributed by atoms with Gasteiger partial charge in [-0.1, -0.05) is 0 Å². The highest BCUT2D eigenvalue weighted by Crippen LogP contribution is 2.27. The van der Waals surface area contributed by atoms with E-state index in [2.05, 4.69) is 10.3 Å². The maximum atomic E-state index is 11.4. The van der Waals surface area contributed by atoms with Gasteiger partial charge in [-0.25, -0.2) is 14.9 Å². The van der Waals surface area contributed by atoms with E-state index < -0.39 is 23.8 Å². The molecule has 2 aliphatic rings. The van der Waals surface area contributed by atoms with Gasteiger partial charge < -0.3 is 4.74 Å². The Kier molecular flexibility index (Phi) is 1.89. The molecular weight excluding hydrogens is 208 g/mol. The summed E-state index contributed by atoms with van der Waals surface area (Å²) in [4.78, 5) is 26.2. The molecule has 2 aliphatic heterocycles. The minimum atomic E-state index is -1.68.